The minimum absolute atomic E-state index is 0.0261. The summed E-state index contributed by atoms with van der Waals surface area (Å²) in [4.78, 5) is 15.5. The fraction of sp³-hybridized carbons (Fsp3) is 0.556. The van der Waals surface area contributed by atoms with Gasteiger partial charge in [0, 0.05) is 5.38 Å². The monoisotopic (exact) mass is 276 g/mol. The Labute approximate surface area is 96.1 Å². The number of nitrogens with one attached hydrogen (secondary N) is 1. The molecule has 1 amide bonds. The van der Waals surface area contributed by atoms with Gasteiger partial charge in [0.2, 0.25) is 5.91 Å². The van der Waals surface area contributed by atoms with Crippen LogP contribution < -0.4 is 5.32 Å². The second-order valence-corrected chi connectivity index (χ2v) is 5.12. The summed E-state index contributed by atoms with van der Waals surface area (Å²) >= 11 is 4.89. The molecule has 0 bridgehead atoms. The molecule has 0 spiro atoms. The number of alkyl halides is 1. The van der Waals surface area contributed by atoms with Gasteiger partial charge in [-0.3, -0.25) is 4.79 Å². The zero-order valence-corrected chi connectivity index (χ0v) is 10.6. The van der Waals surface area contributed by atoms with Gasteiger partial charge in [0.15, 0.2) is 0 Å². The van der Waals surface area contributed by atoms with E-state index in [0.29, 0.717) is 6.54 Å². The summed E-state index contributed by atoms with van der Waals surface area (Å²) in [6.07, 6.45) is 0.794. The number of aromatic nitrogens is 1. The average Bonchev–Trinajstić information content (AvgIpc) is 2.59. The molecule has 0 aliphatic heterocycles. The fourth-order valence-corrected chi connectivity index (χ4v) is 1.74. The van der Waals surface area contributed by atoms with Crippen LogP contribution in [-0.4, -0.2) is 15.7 Å². The molecular formula is C9H13BrN2OS. The van der Waals surface area contributed by atoms with Crippen molar-refractivity contribution in [3.8, 4) is 0 Å². The average molecular weight is 277 g/mol. The molecule has 0 radical (unpaired) electrons. The van der Waals surface area contributed by atoms with Crippen molar-refractivity contribution in [3.05, 3.63) is 16.1 Å². The highest BCUT2D eigenvalue weighted by Gasteiger charge is 2.11. The molecule has 3 nitrogen and oxygen atoms in total. The summed E-state index contributed by atoms with van der Waals surface area (Å²) in [5.74, 6) is 0.0261. The maximum Gasteiger partial charge on any atom is 0.234 e. The number of nitrogens with zero attached hydrogens (tertiary/aromatic N) is 1. The van der Waals surface area contributed by atoms with Crippen LogP contribution in [0.15, 0.2) is 5.38 Å². The molecule has 0 saturated carbocycles. The van der Waals surface area contributed by atoms with Crippen LogP contribution in [-0.2, 0) is 11.3 Å². The van der Waals surface area contributed by atoms with Crippen molar-refractivity contribution < 1.29 is 4.79 Å². The van der Waals surface area contributed by atoms with Crippen molar-refractivity contribution in [1.29, 1.82) is 0 Å². The van der Waals surface area contributed by atoms with E-state index in [1.165, 1.54) is 0 Å². The number of aryl methyl sites for hydroxylation is 1. The van der Waals surface area contributed by atoms with E-state index < -0.39 is 0 Å². The topological polar surface area (TPSA) is 42.0 Å². The van der Waals surface area contributed by atoms with Crippen molar-refractivity contribution >= 4 is 33.2 Å². The van der Waals surface area contributed by atoms with E-state index in [1.54, 1.807) is 11.3 Å². The van der Waals surface area contributed by atoms with E-state index >= 15 is 0 Å². The summed E-state index contributed by atoms with van der Waals surface area (Å²) in [6.45, 7) is 4.44. The van der Waals surface area contributed by atoms with Gasteiger partial charge in [-0.15, -0.1) is 11.3 Å². The van der Waals surface area contributed by atoms with Gasteiger partial charge in [-0.1, -0.05) is 22.9 Å². The number of amides is 1. The maximum absolute atomic E-state index is 11.4. The van der Waals surface area contributed by atoms with E-state index in [1.807, 2.05) is 19.2 Å². The lowest BCUT2D eigenvalue weighted by molar-refractivity contribution is -0.120. The molecule has 1 unspecified atom stereocenters. The van der Waals surface area contributed by atoms with Crippen LogP contribution in [0.2, 0.25) is 0 Å². The largest absolute Gasteiger partial charge is 0.349 e. The van der Waals surface area contributed by atoms with Crippen LogP contribution in [0.1, 0.15) is 24.0 Å². The van der Waals surface area contributed by atoms with Crippen LogP contribution >= 0.6 is 27.3 Å². The Hall–Kier alpha value is -0.420. The predicted octanol–water partition coefficient (Wildman–Crippen LogP) is 2.24. The molecule has 1 N–H and O–H groups in total. The van der Waals surface area contributed by atoms with E-state index in [-0.39, 0.29) is 10.7 Å². The second-order valence-electron chi connectivity index (χ2n) is 2.95. The molecule has 78 valence electrons. The Balaban J connectivity index is 2.37. The molecule has 14 heavy (non-hydrogen) atoms. The molecule has 0 aliphatic carbocycles. The lowest BCUT2D eigenvalue weighted by Crippen LogP contribution is -2.30. The van der Waals surface area contributed by atoms with Gasteiger partial charge >= 0.3 is 0 Å². The van der Waals surface area contributed by atoms with Crippen LogP contribution in [0.4, 0.5) is 0 Å². The van der Waals surface area contributed by atoms with Crippen molar-refractivity contribution in [2.75, 3.05) is 0 Å². The zero-order chi connectivity index (χ0) is 10.6. The number of hydrogen-bond donors (Lipinski definition) is 1. The van der Waals surface area contributed by atoms with Crippen LogP contribution in [0.5, 0.6) is 0 Å². The minimum atomic E-state index is -0.0952. The SMILES string of the molecule is CCC(Br)C(=O)NCc1csc(C)n1. The number of rotatable bonds is 4. The summed E-state index contributed by atoms with van der Waals surface area (Å²) in [7, 11) is 0. The first-order chi connectivity index (χ1) is 6.63. The van der Waals surface area contributed by atoms with Crippen LogP contribution in [0.3, 0.4) is 0 Å². The van der Waals surface area contributed by atoms with Gasteiger partial charge in [0.1, 0.15) is 0 Å². The molecule has 5 heteroatoms. The number of halogens is 1. The third kappa shape index (κ3) is 3.38. The molecular weight excluding hydrogens is 264 g/mol. The standard InChI is InChI=1S/C9H13BrN2OS/c1-3-8(10)9(13)11-4-7-5-14-6(2)12-7/h5,8H,3-4H2,1-2H3,(H,11,13). The third-order valence-corrected chi connectivity index (χ3v) is 3.64. The second kappa shape index (κ2) is 5.46. The smallest absolute Gasteiger partial charge is 0.234 e. The first kappa shape index (κ1) is 11.7. The number of thiazole rings is 1. The Kier molecular flexibility index (Phi) is 4.54. The lowest BCUT2D eigenvalue weighted by Gasteiger charge is -2.06. The van der Waals surface area contributed by atoms with Gasteiger partial charge in [-0.2, -0.15) is 0 Å². The van der Waals surface area contributed by atoms with E-state index in [0.717, 1.165) is 17.1 Å². The highest BCUT2D eigenvalue weighted by molar-refractivity contribution is 9.10. The van der Waals surface area contributed by atoms with E-state index in [2.05, 4.69) is 26.2 Å². The quantitative estimate of drug-likeness (QED) is 0.858. The lowest BCUT2D eigenvalue weighted by atomic mass is 10.3. The number of carbonyl (C=O) groups is 1. The molecule has 0 aliphatic rings. The Bertz CT molecular complexity index is 314. The molecule has 1 atom stereocenters. The Morgan fingerprint density at radius 1 is 1.79 bits per heavy atom. The molecule has 1 aromatic rings. The summed E-state index contributed by atoms with van der Waals surface area (Å²) in [5.41, 5.74) is 0.927. The minimum Gasteiger partial charge on any atom is -0.349 e. The fourth-order valence-electron chi connectivity index (χ4n) is 0.963. The molecule has 0 fully saturated rings. The number of hydrogen-bond acceptors (Lipinski definition) is 3. The Morgan fingerprint density at radius 2 is 2.50 bits per heavy atom. The van der Waals surface area contributed by atoms with Crippen LogP contribution in [0, 0.1) is 6.92 Å². The summed E-state index contributed by atoms with van der Waals surface area (Å²) in [5, 5.41) is 5.81. The van der Waals surface area contributed by atoms with E-state index in [4.69, 9.17) is 0 Å². The van der Waals surface area contributed by atoms with Gasteiger partial charge in [0.05, 0.1) is 22.1 Å². The van der Waals surface area contributed by atoms with Gasteiger partial charge in [-0.05, 0) is 13.3 Å². The van der Waals surface area contributed by atoms with Crippen molar-refractivity contribution in [2.45, 2.75) is 31.6 Å². The molecule has 1 rings (SSSR count). The van der Waals surface area contributed by atoms with Crippen molar-refractivity contribution in [1.82, 2.24) is 10.3 Å². The number of carbonyl (C=O) groups excluding carboxylic acids is 1. The summed E-state index contributed by atoms with van der Waals surface area (Å²) in [6, 6.07) is 0. The molecule has 0 aromatic carbocycles. The summed E-state index contributed by atoms with van der Waals surface area (Å²) < 4.78 is 0. The highest BCUT2D eigenvalue weighted by Crippen LogP contribution is 2.08. The van der Waals surface area contributed by atoms with E-state index in [9.17, 15) is 4.79 Å². The molecule has 0 saturated heterocycles. The highest BCUT2D eigenvalue weighted by atomic mass is 79.9. The third-order valence-electron chi connectivity index (χ3n) is 1.75. The van der Waals surface area contributed by atoms with Crippen LogP contribution in [0.25, 0.3) is 0 Å². The van der Waals surface area contributed by atoms with Gasteiger partial charge < -0.3 is 5.32 Å². The first-order valence-corrected chi connectivity index (χ1v) is 6.25. The van der Waals surface area contributed by atoms with Gasteiger partial charge in [-0.25, -0.2) is 4.98 Å². The predicted molar refractivity (Wildman–Crippen MR) is 61.7 cm³/mol. The maximum atomic E-state index is 11.4. The Morgan fingerprint density at radius 3 is 3.00 bits per heavy atom. The molecule has 1 aromatic heterocycles. The zero-order valence-electron chi connectivity index (χ0n) is 8.21. The van der Waals surface area contributed by atoms with Crippen molar-refractivity contribution in [2.24, 2.45) is 0 Å². The van der Waals surface area contributed by atoms with Gasteiger partial charge in [0.25, 0.3) is 0 Å². The molecule has 1 heterocycles. The van der Waals surface area contributed by atoms with Crippen molar-refractivity contribution in [3.63, 3.8) is 0 Å². The normalized spacial score (nSPS) is 12.5. The first-order valence-electron chi connectivity index (χ1n) is 4.46.